The smallest absolute Gasteiger partial charge is 0.424 e. The molecule has 0 unspecified atom stereocenters. The quantitative estimate of drug-likeness (QED) is 0.216. The third-order valence-electron chi connectivity index (χ3n) is 6.07. The van der Waals surface area contributed by atoms with Gasteiger partial charge in [-0.15, -0.1) is 11.3 Å². The van der Waals surface area contributed by atoms with Crippen molar-refractivity contribution in [3.05, 3.63) is 76.2 Å². The van der Waals surface area contributed by atoms with Gasteiger partial charge in [-0.25, -0.2) is 23.1 Å². The summed E-state index contributed by atoms with van der Waals surface area (Å²) in [6.07, 6.45) is -8.84. The Kier molecular flexibility index (Phi) is 8.73. The molecular formula is C27H22F6N4O4S. The van der Waals surface area contributed by atoms with Crippen molar-refractivity contribution in [2.45, 2.75) is 31.5 Å². The van der Waals surface area contributed by atoms with Crippen LogP contribution in [0.5, 0.6) is 5.75 Å². The zero-order valence-corrected chi connectivity index (χ0v) is 22.5. The molecule has 15 heteroatoms. The molecule has 0 aliphatic heterocycles. The van der Waals surface area contributed by atoms with Crippen LogP contribution >= 0.6 is 11.3 Å². The lowest BCUT2D eigenvalue weighted by molar-refractivity contribution is -0.265. The molecule has 4 rings (SSSR count). The van der Waals surface area contributed by atoms with E-state index in [0.29, 0.717) is 11.3 Å². The van der Waals surface area contributed by atoms with E-state index in [0.717, 1.165) is 18.2 Å². The lowest BCUT2D eigenvalue weighted by atomic mass is 9.93. The third kappa shape index (κ3) is 6.31. The number of ether oxygens (including phenoxy) is 1. The first-order valence-corrected chi connectivity index (χ1v) is 13.0. The Morgan fingerprint density at radius 1 is 1.10 bits per heavy atom. The van der Waals surface area contributed by atoms with Gasteiger partial charge >= 0.3 is 6.18 Å². The Hall–Kier alpha value is -4.24. The molecular weight excluding hydrogens is 590 g/mol. The lowest BCUT2D eigenvalue weighted by Crippen LogP contribution is -2.51. The van der Waals surface area contributed by atoms with E-state index in [1.54, 1.807) is 6.92 Å². The van der Waals surface area contributed by atoms with Gasteiger partial charge in [0, 0.05) is 16.7 Å². The Balaban J connectivity index is 1.76. The van der Waals surface area contributed by atoms with Crippen LogP contribution in [0, 0.1) is 5.82 Å². The van der Waals surface area contributed by atoms with E-state index in [4.69, 9.17) is 10.5 Å². The summed E-state index contributed by atoms with van der Waals surface area (Å²) in [5, 5.41) is 12.6. The van der Waals surface area contributed by atoms with Gasteiger partial charge in [-0.1, -0.05) is 0 Å². The van der Waals surface area contributed by atoms with Crippen LogP contribution in [0.25, 0.3) is 21.5 Å². The molecule has 2 heterocycles. The van der Waals surface area contributed by atoms with Gasteiger partial charge in [-0.3, -0.25) is 9.59 Å². The summed E-state index contributed by atoms with van der Waals surface area (Å²) in [5.41, 5.74) is 0.289. The Labute approximate surface area is 238 Å². The highest BCUT2D eigenvalue weighted by atomic mass is 32.1. The molecule has 0 saturated heterocycles. The molecule has 0 fully saturated rings. The highest BCUT2D eigenvalue weighted by molar-refractivity contribution is 7.18. The number of aromatic nitrogens is 2. The molecule has 0 saturated carbocycles. The summed E-state index contributed by atoms with van der Waals surface area (Å²) in [6, 6.07) is 8.96. The molecule has 8 nitrogen and oxygen atoms in total. The number of carbonyl (C=O) groups is 2. The number of nitrogens with one attached hydrogen (secondary N) is 1. The van der Waals surface area contributed by atoms with E-state index in [-0.39, 0.29) is 45.0 Å². The first kappa shape index (κ1) is 30.7. The maximum atomic E-state index is 14.5. The van der Waals surface area contributed by atoms with E-state index >= 15 is 0 Å². The number of hydrogen-bond acceptors (Lipinski definition) is 7. The van der Waals surface area contributed by atoms with Crippen LogP contribution in [0.15, 0.2) is 48.5 Å². The van der Waals surface area contributed by atoms with Gasteiger partial charge in [0.2, 0.25) is 11.5 Å². The molecule has 0 aliphatic rings. The molecule has 0 spiro atoms. The Bertz CT molecular complexity index is 1630. The standard InChI is InChI=1S/C27H22F6N4O4S/c1-2-41-22-15(11-20(34)38)10-19(37-21(22)13-3-6-16(28)7-4-13)26(40,27(31,32)33)12-35-24(39)14-5-8-17-18(9-14)42-25(36-17)23(29)30/h3-10,23,40H,2,11-12H2,1H3,(H2,34,38)(H,35,39)/t26-/m0/s1. The van der Waals surface area contributed by atoms with Gasteiger partial charge in [0.15, 0.2) is 5.01 Å². The van der Waals surface area contributed by atoms with Crippen molar-refractivity contribution < 1.29 is 45.8 Å². The minimum absolute atomic E-state index is 0.0174. The summed E-state index contributed by atoms with van der Waals surface area (Å²) in [6.45, 7) is 0.178. The summed E-state index contributed by atoms with van der Waals surface area (Å²) >= 11 is 0.620. The van der Waals surface area contributed by atoms with Crippen LogP contribution in [-0.2, 0) is 16.8 Å². The fraction of sp³-hybridized carbons (Fsp3) is 0.259. The number of fused-ring (bicyclic) bond motifs is 1. The number of pyridine rings is 1. The summed E-state index contributed by atoms with van der Waals surface area (Å²) in [7, 11) is 0. The summed E-state index contributed by atoms with van der Waals surface area (Å²) in [4.78, 5) is 32.3. The van der Waals surface area contributed by atoms with Crippen molar-refractivity contribution in [3.63, 3.8) is 0 Å². The number of nitrogens with zero attached hydrogens (tertiary/aromatic N) is 2. The number of rotatable bonds is 10. The maximum Gasteiger partial charge on any atom is 0.424 e. The molecule has 4 N–H and O–H groups in total. The SMILES string of the molecule is CCOc1c(CC(N)=O)cc([C@@](O)(CNC(=O)c2ccc3nc(C(F)F)sc3c2)C(F)(F)F)nc1-c1ccc(F)cc1. The number of halogens is 6. The van der Waals surface area contributed by atoms with Gasteiger partial charge in [0.25, 0.3) is 12.3 Å². The number of benzene rings is 2. The van der Waals surface area contributed by atoms with E-state index in [9.17, 15) is 41.0 Å². The molecule has 0 aliphatic carbocycles. The van der Waals surface area contributed by atoms with Crippen molar-refractivity contribution in [1.82, 2.24) is 15.3 Å². The number of nitrogens with two attached hydrogens (primary N) is 1. The predicted molar refractivity (Wildman–Crippen MR) is 141 cm³/mol. The van der Waals surface area contributed by atoms with Gasteiger partial charge in [0.1, 0.15) is 17.3 Å². The lowest BCUT2D eigenvalue weighted by Gasteiger charge is -2.31. The first-order valence-electron chi connectivity index (χ1n) is 12.2. The van der Waals surface area contributed by atoms with Crippen LogP contribution in [0.3, 0.4) is 0 Å². The molecule has 0 radical (unpaired) electrons. The highest BCUT2D eigenvalue weighted by Gasteiger charge is 2.56. The number of hydrogen-bond donors (Lipinski definition) is 3. The average Bonchev–Trinajstić information content (AvgIpc) is 3.36. The number of amides is 2. The average molecular weight is 613 g/mol. The molecule has 2 aromatic heterocycles. The fourth-order valence-corrected chi connectivity index (χ4v) is 4.91. The van der Waals surface area contributed by atoms with Crippen molar-refractivity contribution in [2.75, 3.05) is 13.2 Å². The van der Waals surface area contributed by atoms with Crippen molar-refractivity contribution in [2.24, 2.45) is 5.73 Å². The van der Waals surface area contributed by atoms with E-state index < -0.39 is 59.5 Å². The van der Waals surface area contributed by atoms with Crippen LogP contribution in [0.2, 0.25) is 0 Å². The van der Waals surface area contributed by atoms with E-state index in [2.05, 4.69) is 9.97 Å². The van der Waals surface area contributed by atoms with Gasteiger partial charge in [-0.2, -0.15) is 13.2 Å². The molecule has 2 amide bonds. The minimum atomic E-state index is -5.40. The van der Waals surface area contributed by atoms with Crippen molar-refractivity contribution >= 4 is 33.4 Å². The molecule has 42 heavy (non-hydrogen) atoms. The van der Waals surface area contributed by atoms with Crippen LogP contribution in [0.1, 0.15) is 40.0 Å². The van der Waals surface area contributed by atoms with Crippen LogP contribution < -0.4 is 15.8 Å². The van der Waals surface area contributed by atoms with E-state index in [1.165, 1.54) is 30.3 Å². The molecule has 4 aromatic rings. The van der Waals surface area contributed by atoms with E-state index in [1.807, 2.05) is 5.32 Å². The monoisotopic (exact) mass is 612 g/mol. The Morgan fingerprint density at radius 3 is 2.38 bits per heavy atom. The minimum Gasteiger partial charge on any atom is -0.491 e. The summed E-state index contributed by atoms with van der Waals surface area (Å²) < 4.78 is 88.7. The fourth-order valence-electron chi connectivity index (χ4n) is 4.05. The predicted octanol–water partition coefficient (Wildman–Crippen LogP) is 5.04. The molecule has 222 valence electrons. The normalized spacial score (nSPS) is 13.3. The molecule has 1 atom stereocenters. The van der Waals surface area contributed by atoms with Crippen LogP contribution in [0.4, 0.5) is 26.3 Å². The highest BCUT2D eigenvalue weighted by Crippen LogP contribution is 2.42. The first-order chi connectivity index (χ1) is 19.7. The van der Waals surface area contributed by atoms with Gasteiger partial charge in [-0.05, 0) is 55.5 Å². The zero-order chi connectivity index (χ0) is 30.8. The number of aliphatic hydroxyl groups is 1. The van der Waals surface area contributed by atoms with Gasteiger partial charge in [0.05, 0.1) is 35.5 Å². The number of alkyl halides is 5. The number of thiazole rings is 1. The van der Waals surface area contributed by atoms with Gasteiger partial charge < -0.3 is 20.9 Å². The second-order valence-corrected chi connectivity index (χ2v) is 10.1. The van der Waals surface area contributed by atoms with Crippen molar-refractivity contribution in [3.8, 4) is 17.0 Å². The molecule has 2 aromatic carbocycles. The largest absolute Gasteiger partial charge is 0.491 e. The van der Waals surface area contributed by atoms with Crippen LogP contribution in [-0.4, -0.2) is 46.2 Å². The summed E-state index contributed by atoms with van der Waals surface area (Å²) in [5.74, 6) is -2.70. The molecule has 0 bridgehead atoms. The Morgan fingerprint density at radius 2 is 1.79 bits per heavy atom. The number of carbonyl (C=O) groups excluding carboxylic acids is 2. The maximum absolute atomic E-state index is 14.5. The van der Waals surface area contributed by atoms with Crippen molar-refractivity contribution in [1.29, 1.82) is 0 Å². The topological polar surface area (TPSA) is 127 Å². The second kappa shape index (κ2) is 11.9. The zero-order valence-electron chi connectivity index (χ0n) is 21.6. The third-order valence-corrected chi connectivity index (χ3v) is 7.10. The number of primary amides is 1. The second-order valence-electron chi connectivity index (χ2n) is 9.00.